The fraction of sp³-hybridized carbons (Fsp3) is 0.467. The van der Waals surface area contributed by atoms with Crippen molar-refractivity contribution < 1.29 is 9.53 Å². The van der Waals surface area contributed by atoms with E-state index in [2.05, 4.69) is 51.0 Å². The molecule has 0 saturated heterocycles. The molecule has 6 nitrogen and oxygen atoms in total. The number of benzene rings is 2. The standard InChI is InChI=1S/C30H40N4O2/c1-3-15-33-16-5-4-6-19-36-29-12-11-27(22-28(29)21-25-9-7-10-26(20-25)23-33)30(35)32-13-8-17-34-18-14-31-24(34)2/h7,9-12,14,18,20,22H,3-6,8,13,15-17,19,21,23H2,1-2H3,(H,32,35). The zero-order valence-corrected chi connectivity index (χ0v) is 21.8. The summed E-state index contributed by atoms with van der Waals surface area (Å²) in [6.45, 7) is 9.68. The summed E-state index contributed by atoms with van der Waals surface area (Å²) in [5.74, 6) is 1.84. The predicted octanol–water partition coefficient (Wildman–Crippen LogP) is 5.38. The summed E-state index contributed by atoms with van der Waals surface area (Å²) >= 11 is 0. The molecule has 1 N–H and O–H groups in total. The lowest BCUT2D eigenvalue weighted by Crippen LogP contribution is -2.25. The molecule has 1 aromatic heterocycles. The van der Waals surface area contributed by atoms with Gasteiger partial charge in [-0.3, -0.25) is 9.69 Å². The number of imidazole rings is 1. The highest BCUT2D eigenvalue weighted by Crippen LogP contribution is 2.25. The van der Waals surface area contributed by atoms with Crippen LogP contribution in [0.1, 0.15) is 71.9 Å². The molecule has 6 heteroatoms. The first-order valence-corrected chi connectivity index (χ1v) is 13.4. The van der Waals surface area contributed by atoms with E-state index in [0.717, 1.165) is 69.0 Å². The van der Waals surface area contributed by atoms with Crippen molar-refractivity contribution in [1.29, 1.82) is 0 Å². The lowest BCUT2D eigenvalue weighted by atomic mass is 9.99. The Hall–Kier alpha value is -3.12. The number of rotatable bonds is 7. The Morgan fingerprint density at radius 3 is 2.81 bits per heavy atom. The Balaban J connectivity index is 1.46. The number of carbonyl (C=O) groups excluding carboxylic acids is 1. The lowest BCUT2D eigenvalue weighted by molar-refractivity contribution is 0.0952. The third-order valence-electron chi connectivity index (χ3n) is 6.82. The summed E-state index contributed by atoms with van der Waals surface area (Å²) in [6, 6.07) is 14.7. The minimum atomic E-state index is -0.0384. The SMILES string of the molecule is CCCN1CCCCCOc2ccc(C(=O)NCCCn3ccnc3C)cc2Cc2cccc(c2)C1. The van der Waals surface area contributed by atoms with Crippen LogP contribution in [0, 0.1) is 6.92 Å². The van der Waals surface area contributed by atoms with E-state index in [1.54, 1.807) is 0 Å². The second kappa shape index (κ2) is 13.3. The monoisotopic (exact) mass is 488 g/mol. The van der Waals surface area contributed by atoms with Crippen LogP contribution in [0.3, 0.4) is 0 Å². The van der Waals surface area contributed by atoms with Crippen LogP contribution in [-0.2, 0) is 19.5 Å². The zero-order valence-electron chi connectivity index (χ0n) is 21.8. The lowest BCUT2D eigenvalue weighted by Gasteiger charge is -2.22. The van der Waals surface area contributed by atoms with Gasteiger partial charge in [0.1, 0.15) is 11.6 Å². The number of fused-ring (bicyclic) bond motifs is 3. The van der Waals surface area contributed by atoms with Crippen molar-refractivity contribution in [3.63, 3.8) is 0 Å². The summed E-state index contributed by atoms with van der Waals surface area (Å²) in [7, 11) is 0. The fourth-order valence-electron chi connectivity index (χ4n) is 4.89. The summed E-state index contributed by atoms with van der Waals surface area (Å²) in [5, 5.41) is 3.07. The van der Waals surface area contributed by atoms with Crippen molar-refractivity contribution in [2.24, 2.45) is 0 Å². The molecule has 0 atom stereocenters. The van der Waals surface area contributed by atoms with Crippen molar-refractivity contribution in [1.82, 2.24) is 19.8 Å². The van der Waals surface area contributed by atoms with Crippen LogP contribution in [-0.4, -0.2) is 46.6 Å². The van der Waals surface area contributed by atoms with Crippen LogP contribution in [0.5, 0.6) is 5.75 Å². The van der Waals surface area contributed by atoms with Gasteiger partial charge in [-0.25, -0.2) is 4.98 Å². The molecule has 2 heterocycles. The van der Waals surface area contributed by atoms with Crippen molar-refractivity contribution in [2.75, 3.05) is 26.2 Å². The van der Waals surface area contributed by atoms with Gasteiger partial charge in [-0.2, -0.15) is 0 Å². The minimum absolute atomic E-state index is 0.0384. The molecule has 0 spiro atoms. The van der Waals surface area contributed by atoms with Crippen LogP contribution in [0.15, 0.2) is 54.9 Å². The van der Waals surface area contributed by atoms with Crippen LogP contribution >= 0.6 is 0 Å². The van der Waals surface area contributed by atoms with Gasteiger partial charge in [0.2, 0.25) is 0 Å². The Morgan fingerprint density at radius 1 is 1.08 bits per heavy atom. The first kappa shape index (κ1) is 26.0. The molecule has 4 rings (SSSR count). The largest absolute Gasteiger partial charge is 0.493 e. The molecule has 1 amide bonds. The smallest absolute Gasteiger partial charge is 0.251 e. The number of ether oxygens (including phenoxy) is 1. The Kier molecular flexibility index (Phi) is 9.56. The fourth-order valence-corrected chi connectivity index (χ4v) is 4.89. The maximum Gasteiger partial charge on any atom is 0.251 e. The van der Waals surface area contributed by atoms with Crippen LogP contribution < -0.4 is 10.1 Å². The van der Waals surface area contributed by atoms with E-state index in [0.29, 0.717) is 18.7 Å². The van der Waals surface area contributed by atoms with Gasteiger partial charge in [0.05, 0.1) is 6.61 Å². The number of aromatic nitrogens is 2. The Morgan fingerprint density at radius 2 is 1.97 bits per heavy atom. The molecule has 2 bridgehead atoms. The summed E-state index contributed by atoms with van der Waals surface area (Å²) in [6.07, 6.45) is 9.96. The number of amides is 1. The predicted molar refractivity (Wildman–Crippen MR) is 145 cm³/mol. The van der Waals surface area contributed by atoms with Gasteiger partial charge in [0.25, 0.3) is 5.91 Å². The van der Waals surface area contributed by atoms with E-state index in [1.807, 2.05) is 37.5 Å². The molecule has 0 fully saturated rings. The van der Waals surface area contributed by atoms with Crippen molar-refractivity contribution >= 4 is 5.91 Å². The van der Waals surface area contributed by atoms with E-state index in [-0.39, 0.29) is 5.91 Å². The van der Waals surface area contributed by atoms with Gasteiger partial charge in [0.15, 0.2) is 0 Å². The average Bonchev–Trinajstić information content (AvgIpc) is 3.28. The Labute approximate surface area is 215 Å². The minimum Gasteiger partial charge on any atom is -0.493 e. The number of hydrogen-bond donors (Lipinski definition) is 1. The highest BCUT2D eigenvalue weighted by molar-refractivity contribution is 5.94. The van der Waals surface area contributed by atoms with Gasteiger partial charge < -0.3 is 14.6 Å². The number of nitrogens with one attached hydrogen (secondary N) is 1. The van der Waals surface area contributed by atoms with Gasteiger partial charge >= 0.3 is 0 Å². The second-order valence-electron chi connectivity index (χ2n) is 9.78. The van der Waals surface area contributed by atoms with E-state index in [9.17, 15) is 4.79 Å². The first-order chi connectivity index (χ1) is 17.6. The van der Waals surface area contributed by atoms with Gasteiger partial charge in [-0.15, -0.1) is 0 Å². The normalized spacial score (nSPS) is 14.9. The van der Waals surface area contributed by atoms with Crippen molar-refractivity contribution in [3.8, 4) is 5.75 Å². The van der Waals surface area contributed by atoms with E-state index in [4.69, 9.17) is 4.74 Å². The topological polar surface area (TPSA) is 59.4 Å². The second-order valence-corrected chi connectivity index (χ2v) is 9.78. The molecular formula is C30H40N4O2. The number of hydrogen-bond acceptors (Lipinski definition) is 4. The van der Waals surface area contributed by atoms with E-state index in [1.165, 1.54) is 24.0 Å². The van der Waals surface area contributed by atoms with Gasteiger partial charge in [-0.05, 0) is 87.0 Å². The average molecular weight is 489 g/mol. The molecule has 0 radical (unpaired) electrons. The van der Waals surface area contributed by atoms with Crippen molar-refractivity contribution in [2.45, 2.75) is 65.5 Å². The molecule has 36 heavy (non-hydrogen) atoms. The highest BCUT2D eigenvalue weighted by Gasteiger charge is 2.13. The number of nitrogens with zero attached hydrogens (tertiary/aromatic N) is 3. The molecule has 1 aliphatic heterocycles. The molecule has 1 aliphatic rings. The Bertz CT molecular complexity index is 1120. The third kappa shape index (κ3) is 7.44. The molecule has 3 aromatic rings. The molecule has 2 aromatic carbocycles. The summed E-state index contributed by atoms with van der Waals surface area (Å²) in [5.41, 5.74) is 4.35. The van der Waals surface area contributed by atoms with Crippen LogP contribution in [0.25, 0.3) is 0 Å². The molecular weight excluding hydrogens is 448 g/mol. The maximum atomic E-state index is 12.9. The van der Waals surface area contributed by atoms with E-state index < -0.39 is 0 Å². The quantitative estimate of drug-likeness (QED) is 0.454. The molecule has 192 valence electrons. The highest BCUT2D eigenvalue weighted by atomic mass is 16.5. The van der Waals surface area contributed by atoms with Crippen molar-refractivity contribution in [3.05, 3.63) is 82.9 Å². The van der Waals surface area contributed by atoms with Crippen LogP contribution in [0.2, 0.25) is 0 Å². The number of carbonyl (C=O) groups is 1. The summed E-state index contributed by atoms with van der Waals surface area (Å²) in [4.78, 5) is 19.7. The number of aryl methyl sites for hydroxylation is 2. The van der Waals surface area contributed by atoms with Gasteiger partial charge in [0, 0.05) is 44.0 Å². The third-order valence-corrected chi connectivity index (χ3v) is 6.82. The molecule has 0 saturated carbocycles. The zero-order chi connectivity index (χ0) is 25.2. The molecule has 0 aliphatic carbocycles. The van der Waals surface area contributed by atoms with Crippen LogP contribution in [0.4, 0.5) is 0 Å². The van der Waals surface area contributed by atoms with E-state index >= 15 is 0 Å². The molecule has 0 unspecified atom stereocenters. The summed E-state index contributed by atoms with van der Waals surface area (Å²) < 4.78 is 8.31. The van der Waals surface area contributed by atoms with Gasteiger partial charge in [-0.1, -0.05) is 31.2 Å². The first-order valence-electron chi connectivity index (χ1n) is 13.4. The maximum absolute atomic E-state index is 12.9.